The summed E-state index contributed by atoms with van der Waals surface area (Å²) >= 11 is 0. The first-order valence-electron chi connectivity index (χ1n) is 3.77. The maximum absolute atomic E-state index is 9.50. The SMILES string of the molecule is COCC(O)c1ccccc1N. The van der Waals surface area contributed by atoms with Gasteiger partial charge in [-0.15, -0.1) is 0 Å². The smallest absolute Gasteiger partial charge is 0.104 e. The molecule has 0 radical (unpaired) electrons. The fraction of sp³-hybridized carbons (Fsp3) is 0.333. The molecule has 0 aliphatic carbocycles. The van der Waals surface area contributed by atoms with Crippen LogP contribution >= 0.6 is 0 Å². The third kappa shape index (κ3) is 1.96. The minimum atomic E-state index is -0.629. The third-order valence-corrected chi connectivity index (χ3v) is 1.68. The Balaban J connectivity index is 2.79. The van der Waals surface area contributed by atoms with Crippen LogP contribution in [0.25, 0.3) is 0 Å². The topological polar surface area (TPSA) is 55.5 Å². The molecular weight excluding hydrogens is 154 g/mol. The summed E-state index contributed by atoms with van der Waals surface area (Å²) in [7, 11) is 1.54. The maximum atomic E-state index is 9.50. The van der Waals surface area contributed by atoms with E-state index in [1.165, 1.54) is 0 Å². The number of benzene rings is 1. The Morgan fingerprint density at radius 1 is 1.50 bits per heavy atom. The molecule has 0 aliphatic heterocycles. The molecule has 0 spiro atoms. The van der Waals surface area contributed by atoms with Crippen LogP contribution in [0.1, 0.15) is 11.7 Å². The minimum absolute atomic E-state index is 0.272. The van der Waals surface area contributed by atoms with Crippen molar-refractivity contribution in [2.45, 2.75) is 6.10 Å². The summed E-state index contributed by atoms with van der Waals surface area (Å²) in [6, 6.07) is 7.22. The van der Waals surface area contributed by atoms with Gasteiger partial charge in [0.25, 0.3) is 0 Å². The van der Waals surface area contributed by atoms with Gasteiger partial charge in [0.2, 0.25) is 0 Å². The molecular formula is C9H13NO2. The molecule has 3 heteroatoms. The summed E-state index contributed by atoms with van der Waals surface area (Å²) in [4.78, 5) is 0. The molecule has 0 amide bonds. The predicted molar refractivity (Wildman–Crippen MR) is 47.7 cm³/mol. The minimum Gasteiger partial charge on any atom is -0.398 e. The number of nitrogens with two attached hydrogens (primary N) is 1. The van der Waals surface area contributed by atoms with Crippen LogP contribution in [0.4, 0.5) is 5.69 Å². The number of rotatable bonds is 3. The van der Waals surface area contributed by atoms with Gasteiger partial charge >= 0.3 is 0 Å². The van der Waals surface area contributed by atoms with Gasteiger partial charge in [0, 0.05) is 18.4 Å². The lowest BCUT2D eigenvalue weighted by molar-refractivity contribution is 0.0648. The number of hydrogen-bond donors (Lipinski definition) is 2. The number of nitrogen functional groups attached to an aromatic ring is 1. The van der Waals surface area contributed by atoms with Crippen molar-refractivity contribution in [2.75, 3.05) is 19.5 Å². The van der Waals surface area contributed by atoms with Gasteiger partial charge < -0.3 is 15.6 Å². The zero-order valence-corrected chi connectivity index (χ0v) is 7.03. The third-order valence-electron chi connectivity index (χ3n) is 1.68. The number of aliphatic hydroxyl groups excluding tert-OH is 1. The molecule has 3 N–H and O–H groups in total. The molecule has 0 heterocycles. The van der Waals surface area contributed by atoms with Crippen molar-refractivity contribution in [1.29, 1.82) is 0 Å². The van der Waals surface area contributed by atoms with Crippen molar-refractivity contribution in [3.63, 3.8) is 0 Å². The van der Waals surface area contributed by atoms with Gasteiger partial charge in [-0.1, -0.05) is 18.2 Å². The van der Waals surface area contributed by atoms with E-state index in [1.54, 1.807) is 19.2 Å². The number of anilines is 1. The van der Waals surface area contributed by atoms with Crippen molar-refractivity contribution in [1.82, 2.24) is 0 Å². The second kappa shape index (κ2) is 4.09. The number of aliphatic hydroxyl groups is 1. The van der Waals surface area contributed by atoms with Gasteiger partial charge in [-0.25, -0.2) is 0 Å². The highest BCUT2D eigenvalue weighted by Crippen LogP contribution is 2.19. The average Bonchev–Trinajstić information content (AvgIpc) is 2.05. The number of para-hydroxylation sites is 1. The summed E-state index contributed by atoms with van der Waals surface area (Å²) < 4.78 is 4.81. The van der Waals surface area contributed by atoms with E-state index in [-0.39, 0.29) is 6.61 Å². The van der Waals surface area contributed by atoms with Crippen molar-refractivity contribution < 1.29 is 9.84 Å². The zero-order chi connectivity index (χ0) is 8.97. The van der Waals surface area contributed by atoms with Crippen LogP contribution in [0.5, 0.6) is 0 Å². The molecule has 0 saturated heterocycles. The Hall–Kier alpha value is -1.06. The summed E-state index contributed by atoms with van der Waals surface area (Å²) in [5.41, 5.74) is 6.96. The molecule has 0 fully saturated rings. The van der Waals surface area contributed by atoms with Gasteiger partial charge in [0.05, 0.1) is 6.61 Å². The molecule has 1 unspecified atom stereocenters. The monoisotopic (exact) mass is 167 g/mol. The van der Waals surface area contributed by atoms with Crippen molar-refractivity contribution >= 4 is 5.69 Å². The van der Waals surface area contributed by atoms with Gasteiger partial charge in [0.15, 0.2) is 0 Å². The first-order chi connectivity index (χ1) is 5.75. The lowest BCUT2D eigenvalue weighted by atomic mass is 10.1. The van der Waals surface area contributed by atoms with Gasteiger partial charge in [-0.05, 0) is 6.07 Å². The standard InChI is InChI=1S/C9H13NO2/c1-12-6-9(11)7-4-2-3-5-8(7)10/h2-5,9,11H,6,10H2,1H3. The van der Waals surface area contributed by atoms with Gasteiger partial charge in [-0.2, -0.15) is 0 Å². The van der Waals surface area contributed by atoms with E-state index in [1.807, 2.05) is 12.1 Å². The van der Waals surface area contributed by atoms with E-state index in [2.05, 4.69) is 0 Å². The van der Waals surface area contributed by atoms with Crippen LogP contribution in [0.3, 0.4) is 0 Å². The Morgan fingerprint density at radius 3 is 2.75 bits per heavy atom. The quantitative estimate of drug-likeness (QED) is 0.659. The Labute approximate surface area is 71.8 Å². The van der Waals surface area contributed by atoms with E-state index in [4.69, 9.17) is 10.5 Å². The fourth-order valence-electron chi connectivity index (χ4n) is 1.06. The zero-order valence-electron chi connectivity index (χ0n) is 7.03. The normalized spacial score (nSPS) is 12.8. The number of hydrogen-bond acceptors (Lipinski definition) is 3. The summed E-state index contributed by atoms with van der Waals surface area (Å²) in [5, 5.41) is 9.50. The van der Waals surface area contributed by atoms with Crippen molar-refractivity contribution in [3.05, 3.63) is 29.8 Å². The van der Waals surface area contributed by atoms with E-state index in [0.717, 1.165) is 5.56 Å². The maximum Gasteiger partial charge on any atom is 0.104 e. The molecule has 12 heavy (non-hydrogen) atoms. The van der Waals surface area contributed by atoms with E-state index < -0.39 is 6.10 Å². The Kier molecular flexibility index (Phi) is 3.08. The van der Waals surface area contributed by atoms with Crippen LogP contribution in [-0.2, 0) is 4.74 Å². The molecule has 1 rings (SSSR count). The molecule has 1 aromatic carbocycles. The van der Waals surface area contributed by atoms with Crippen LogP contribution in [0, 0.1) is 0 Å². The molecule has 0 aromatic heterocycles. The van der Waals surface area contributed by atoms with Gasteiger partial charge in [-0.3, -0.25) is 0 Å². The summed E-state index contributed by atoms with van der Waals surface area (Å²) in [5.74, 6) is 0. The van der Waals surface area contributed by atoms with E-state index in [0.29, 0.717) is 5.69 Å². The average molecular weight is 167 g/mol. The highest BCUT2D eigenvalue weighted by Gasteiger charge is 2.08. The fourth-order valence-corrected chi connectivity index (χ4v) is 1.06. The molecule has 0 saturated carbocycles. The Morgan fingerprint density at radius 2 is 2.17 bits per heavy atom. The van der Waals surface area contributed by atoms with Crippen LogP contribution in [0.15, 0.2) is 24.3 Å². The first kappa shape index (κ1) is 9.03. The largest absolute Gasteiger partial charge is 0.398 e. The second-order valence-corrected chi connectivity index (χ2v) is 2.60. The molecule has 3 nitrogen and oxygen atoms in total. The Bertz CT molecular complexity index is 250. The molecule has 1 aromatic rings. The number of methoxy groups -OCH3 is 1. The highest BCUT2D eigenvalue weighted by molar-refractivity contribution is 5.47. The van der Waals surface area contributed by atoms with Crippen molar-refractivity contribution in [2.24, 2.45) is 0 Å². The molecule has 66 valence electrons. The lowest BCUT2D eigenvalue weighted by Crippen LogP contribution is -2.07. The van der Waals surface area contributed by atoms with Crippen LogP contribution in [0.2, 0.25) is 0 Å². The highest BCUT2D eigenvalue weighted by atomic mass is 16.5. The molecule has 0 aliphatic rings. The lowest BCUT2D eigenvalue weighted by Gasteiger charge is -2.11. The first-order valence-corrected chi connectivity index (χ1v) is 3.77. The molecule has 0 bridgehead atoms. The molecule has 1 atom stereocenters. The van der Waals surface area contributed by atoms with E-state index >= 15 is 0 Å². The van der Waals surface area contributed by atoms with Crippen LogP contribution in [-0.4, -0.2) is 18.8 Å². The number of ether oxygens (including phenoxy) is 1. The summed E-state index contributed by atoms with van der Waals surface area (Å²) in [6.07, 6.45) is -0.629. The predicted octanol–water partition coefficient (Wildman–Crippen LogP) is 0.949. The van der Waals surface area contributed by atoms with E-state index in [9.17, 15) is 5.11 Å². The van der Waals surface area contributed by atoms with Gasteiger partial charge in [0.1, 0.15) is 6.10 Å². The second-order valence-electron chi connectivity index (χ2n) is 2.60. The summed E-state index contributed by atoms with van der Waals surface area (Å²) in [6.45, 7) is 0.272. The van der Waals surface area contributed by atoms with Crippen molar-refractivity contribution in [3.8, 4) is 0 Å². The van der Waals surface area contributed by atoms with Crippen LogP contribution < -0.4 is 5.73 Å².